The van der Waals surface area contributed by atoms with Gasteiger partial charge in [0.05, 0.1) is 0 Å². The van der Waals surface area contributed by atoms with Crippen LogP contribution in [0.25, 0.3) is 10.4 Å². The summed E-state index contributed by atoms with van der Waals surface area (Å²) in [4.78, 5) is 12.6. The highest BCUT2D eigenvalue weighted by atomic mass is 32.1. The molecule has 3 aromatic heterocycles. The number of nitrogens with zero attached hydrogens (tertiary/aromatic N) is 3. The van der Waals surface area contributed by atoms with Crippen LogP contribution in [0, 0.1) is 41.5 Å². The van der Waals surface area contributed by atoms with Gasteiger partial charge in [0.15, 0.2) is 0 Å². The zero-order valence-corrected chi connectivity index (χ0v) is 26.5. The van der Waals surface area contributed by atoms with Crippen LogP contribution < -0.4 is 20.6 Å². The molecule has 0 atom stereocenters. The number of benzene rings is 3. The molecular formula is C38H36BN3S. The first-order valence-electron chi connectivity index (χ1n) is 14.8. The molecule has 6 aromatic rings. The van der Waals surface area contributed by atoms with Crippen molar-refractivity contribution in [2.75, 3.05) is 4.90 Å². The molecule has 0 aliphatic carbocycles. The Bertz CT molecular complexity index is 1740. The Labute approximate surface area is 260 Å². The maximum Gasteiger partial charge on any atom is 0.255 e. The predicted molar refractivity (Wildman–Crippen MR) is 186 cm³/mol. The summed E-state index contributed by atoms with van der Waals surface area (Å²) < 4.78 is 1.37. The number of pyridine rings is 2. The van der Waals surface area contributed by atoms with Gasteiger partial charge in [0.25, 0.3) is 6.71 Å². The third kappa shape index (κ3) is 5.78. The summed E-state index contributed by atoms with van der Waals surface area (Å²) >= 11 is 1.90. The molecule has 0 saturated carbocycles. The Hall–Kier alpha value is -4.48. The topological polar surface area (TPSA) is 29.0 Å². The van der Waals surface area contributed by atoms with E-state index in [-0.39, 0.29) is 6.71 Å². The molecule has 0 aliphatic heterocycles. The van der Waals surface area contributed by atoms with E-state index in [1.165, 1.54) is 59.5 Å². The lowest BCUT2D eigenvalue weighted by molar-refractivity contribution is 1.13. The molecule has 0 unspecified atom stereocenters. The molecule has 0 N–H and O–H groups in total. The largest absolute Gasteiger partial charge is 0.279 e. The van der Waals surface area contributed by atoms with Crippen LogP contribution in [0.2, 0.25) is 0 Å². The lowest BCUT2D eigenvalue weighted by Crippen LogP contribution is -2.54. The number of anilines is 3. The molecule has 0 bridgehead atoms. The van der Waals surface area contributed by atoms with Gasteiger partial charge >= 0.3 is 0 Å². The molecule has 0 amide bonds. The molecule has 0 fully saturated rings. The van der Waals surface area contributed by atoms with Crippen LogP contribution in [-0.2, 0) is 0 Å². The smallest absolute Gasteiger partial charge is 0.255 e. The molecule has 3 aromatic carbocycles. The summed E-state index contributed by atoms with van der Waals surface area (Å²) in [5.41, 5.74) is 13.1. The van der Waals surface area contributed by atoms with Crippen molar-refractivity contribution < 1.29 is 0 Å². The minimum atomic E-state index is 0.183. The van der Waals surface area contributed by atoms with Crippen molar-refractivity contribution in [2.24, 2.45) is 0 Å². The van der Waals surface area contributed by atoms with Gasteiger partial charge in [-0.05, 0) is 94.3 Å². The van der Waals surface area contributed by atoms with Crippen molar-refractivity contribution in [1.29, 1.82) is 0 Å². The molecule has 0 radical (unpaired) electrons. The molecule has 212 valence electrons. The molecule has 0 aliphatic rings. The highest BCUT2D eigenvalue weighted by Gasteiger charge is 2.30. The van der Waals surface area contributed by atoms with Crippen molar-refractivity contribution >= 4 is 51.1 Å². The quantitative estimate of drug-likeness (QED) is 0.180. The van der Waals surface area contributed by atoms with E-state index in [9.17, 15) is 0 Å². The third-order valence-electron chi connectivity index (χ3n) is 8.13. The monoisotopic (exact) mass is 577 g/mol. The first kappa shape index (κ1) is 28.6. The zero-order chi connectivity index (χ0) is 30.1. The fourth-order valence-electron chi connectivity index (χ4n) is 6.51. The first-order valence-corrected chi connectivity index (χ1v) is 15.6. The van der Waals surface area contributed by atoms with Crippen molar-refractivity contribution in [3.8, 4) is 10.4 Å². The summed E-state index contributed by atoms with van der Waals surface area (Å²) in [6.45, 7) is 13.6. The standard InChI is InChI=1S/C38H36BN3S/c1-25-21-27(3)37(28(4)22-25)39(38-29(5)23-26(2)24-30(38)6)34-18-17-33(43-34)31-13-15-32(16-14-31)42(35-11-7-9-19-40-35)36-12-8-10-20-41-36/h7-24H,1-6H3. The second-order valence-corrected chi connectivity index (χ2v) is 12.6. The average Bonchev–Trinajstić information content (AvgIpc) is 3.47. The summed E-state index contributed by atoms with van der Waals surface area (Å²) in [5, 5.41) is 0. The van der Waals surface area contributed by atoms with Crippen LogP contribution in [0.15, 0.2) is 109 Å². The Morgan fingerprint density at radius 2 is 1.05 bits per heavy atom. The second-order valence-electron chi connectivity index (χ2n) is 11.5. The zero-order valence-electron chi connectivity index (χ0n) is 25.7. The molecule has 0 saturated heterocycles. The van der Waals surface area contributed by atoms with Crippen LogP contribution in [0.5, 0.6) is 0 Å². The minimum absolute atomic E-state index is 0.183. The number of hydrogen-bond acceptors (Lipinski definition) is 4. The van der Waals surface area contributed by atoms with Gasteiger partial charge in [0.1, 0.15) is 11.6 Å². The Morgan fingerprint density at radius 1 is 0.558 bits per heavy atom. The van der Waals surface area contributed by atoms with E-state index >= 15 is 0 Å². The van der Waals surface area contributed by atoms with E-state index in [1.54, 1.807) is 0 Å². The molecule has 43 heavy (non-hydrogen) atoms. The van der Waals surface area contributed by atoms with Crippen molar-refractivity contribution in [3.63, 3.8) is 0 Å². The Balaban J connectivity index is 1.41. The van der Waals surface area contributed by atoms with Crippen LogP contribution in [0.1, 0.15) is 33.4 Å². The lowest BCUT2D eigenvalue weighted by atomic mass is 9.37. The number of aryl methyl sites for hydroxylation is 6. The molecule has 5 heteroatoms. The SMILES string of the molecule is Cc1cc(C)c(B(c2ccc(-c3ccc(N(c4ccccn4)c4ccccn4)cc3)s2)c2c(C)cc(C)cc2C)c(C)c1. The van der Waals surface area contributed by atoms with Crippen molar-refractivity contribution in [3.05, 3.63) is 143 Å². The Kier molecular flexibility index (Phi) is 8.01. The molecule has 3 nitrogen and oxygen atoms in total. The minimum Gasteiger partial charge on any atom is -0.279 e. The Morgan fingerprint density at radius 3 is 1.49 bits per heavy atom. The van der Waals surface area contributed by atoms with Gasteiger partial charge < -0.3 is 0 Å². The van der Waals surface area contributed by atoms with E-state index in [2.05, 4.69) is 117 Å². The van der Waals surface area contributed by atoms with E-state index < -0.39 is 0 Å². The number of thiophene rings is 1. The number of hydrogen-bond donors (Lipinski definition) is 0. The second kappa shape index (κ2) is 12.0. The normalized spacial score (nSPS) is 11.0. The van der Waals surface area contributed by atoms with Crippen molar-refractivity contribution in [1.82, 2.24) is 9.97 Å². The van der Waals surface area contributed by atoms with E-state index in [1.807, 2.05) is 60.1 Å². The van der Waals surface area contributed by atoms with Crippen LogP contribution in [-0.4, -0.2) is 16.7 Å². The summed E-state index contributed by atoms with van der Waals surface area (Å²) in [5.74, 6) is 1.67. The van der Waals surface area contributed by atoms with Gasteiger partial charge in [0, 0.05) is 23.0 Å². The molecule has 0 spiro atoms. The maximum absolute atomic E-state index is 4.62. The fourth-order valence-corrected chi connectivity index (χ4v) is 7.65. The predicted octanol–water partition coefficient (Wildman–Crippen LogP) is 8.04. The van der Waals surface area contributed by atoms with Gasteiger partial charge in [-0.1, -0.05) is 98.9 Å². The molecule has 6 rings (SSSR count). The van der Waals surface area contributed by atoms with Crippen LogP contribution in [0.4, 0.5) is 17.3 Å². The lowest BCUT2D eigenvalue weighted by Gasteiger charge is -2.23. The highest BCUT2D eigenvalue weighted by Crippen LogP contribution is 2.33. The van der Waals surface area contributed by atoms with Gasteiger partial charge in [-0.3, -0.25) is 4.90 Å². The van der Waals surface area contributed by atoms with Gasteiger partial charge in [0.2, 0.25) is 0 Å². The van der Waals surface area contributed by atoms with E-state index in [0.717, 1.165) is 17.3 Å². The van der Waals surface area contributed by atoms with Gasteiger partial charge in [-0.15, -0.1) is 11.3 Å². The highest BCUT2D eigenvalue weighted by molar-refractivity contribution is 7.29. The van der Waals surface area contributed by atoms with Crippen molar-refractivity contribution in [2.45, 2.75) is 41.5 Å². The van der Waals surface area contributed by atoms with Crippen LogP contribution in [0.3, 0.4) is 0 Å². The first-order chi connectivity index (χ1) is 20.8. The van der Waals surface area contributed by atoms with Gasteiger partial charge in [-0.2, -0.15) is 0 Å². The molecular weight excluding hydrogens is 541 g/mol. The number of rotatable bonds is 7. The van der Waals surface area contributed by atoms with Gasteiger partial charge in [-0.25, -0.2) is 9.97 Å². The summed E-state index contributed by atoms with van der Waals surface area (Å²) in [7, 11) is 0. The summed E-state index contributed by atoms with van der Waals surface area (Å²) in [6.07, 6.45) is 3.64. The third-order valence-corrected chi connectivity index (χ3v) is 9.33. The average molecular weight is 578 g/mol. The fraction of sp³-hybridized carbons (Fsp3) is 0.158. The number of aromatic nitrogens is 2. The summed E-state index contributed by atoms with van der Waals surface area (Å²) in [6, 6.07) is 34.6. The van der Waals surface area contributed by atoms with E-state index in [4.69, 9.17) is 0 Å². The van der Waals surface area contributed by atoms with E-state index in [0.29, 0.717) is 0 Å². The van der Waals surface area contributed by atoms with Crippen LogP contribution >= 0.6 is 11.3 Å². The maximum atomic E-state index is 4.62. The molecule has 3 heterocycles.